The molecule has 1 amide bonds. The van der Waals surface area contributed by atoms with Gasteiger partial charge in [0, 0.05) is 57.2 Å². The first-order chi connectivity index (χ1) is 13.0. The van der Waals surface area contributed by atoms with E-state index in [9.17, 15) is 18.0 Å². The number of hydrogen-bond donors (Lipinski definition) is 0. The fraction of sp³-hybridized carbons (Fsp3) is 0.737. The van der Waals surface area contributed by atoms with Crippen molar-refractivity contribution in [2.24, 2.45) is 11.8 Å². The molecule has 0 spiro atoms. The smallest absolute Gasteiger partial charge is 0.352 e. The molecule has 156 valence electrons. The minimum atomic E-state index is -4.38. The summed E-state index contributed by atoms with van der Waals surface area (Å²) < 4.78 is 40.8. The first-order valence-electron chi connectivity index (χ1n) is 9.61. The van der Waals surface area contributed by atoms with Crippen molar-refractivity contribution in [2.75, 3.05) is 44.2 Å². The Morgan fingerprint density at radius 3 is 2.18 bits per heavy atom. The van der Waals surface area contributed by atoms with Gasteiger partial charge in [-0.2, -0.15) is 13.2 Å². The normalized spacial score (nSPS) is 24.7. The van der Waals surface area contributed by atoms with Gasteiger partial charge in [0.2, 0.25) is 5.91 Å². The lowest BCUT2D eigenvalue weighted by Crippen LogP contribution is -2.52. The number of anilines is 1. The highest BCUT2D eigenvalue weighted by atomic mass is 19.4. The van der Waals surface area contributed by atoms with E-state index < -0.39 is 23.6 Å². The van der Waals surface area contributed by atoms with Crippen LogP contribution in [0.1, 0.15) is 26.5 Å². The molecule has 3 heterocycles. The van der Waals surface area contributed by atoms with Crippen molar-refractivity contribution in [3.05, 3.63) is 18.1 Å². The highest BCUT2D eigenvalue weighted by Gasteiger charge is 2.54. The van der Waals surface area contributed by atoms with E-state index in [2.05, 4.69) is 9.97 Å². The highest BCUT2D eigenvalue weighted by molar-refractivity contribution is 5.80. The largest absolute Gasteiger partial charge is 0.393 e. The van der Waals surface area contributed by atoms with E-state index in [1.807, 2.05) is 32.6 Å². The molecular formula is C19H28F3N5O. The fourth-order valence-corrected chi connectivity index (χ4v) is 4.02. The van der Waals surface area contributed by atoms with Crippen LogP contribution >= 0.6 is 0 Å². The minimum absolute atomic E-state index is 0.123. The van der Waals surface area contributed by atoms with Gasteiger partial charge < -0.3 is 9.80 Å². The van der Waals surface area contributed by atoms with Gasteiger partial charge in [0.15, 0.2) is 0 Å². The van der Waals surface area contributed by atoms with E-state index in [0.717, 1.165) is 11.5 Å². The average Bonchev–Trinajstić information content (AvgIpc) is 3.08. The molecule has 1 aromatic heterocycles. The molecule has 0 radical (unpaired) electrons. The van der Waals surface area contributed by atoms with E-state index in [1.54, 1.807) is 22.2 Å². The van der Waals surface area contributed by atoms with Gasteiger partial charge in [-0.3, -0.25) is 14.7 Å². The molecule has 0 unspecified atom stereocenters. The summed E-state index contributed by atoms with van der Waals surface area (Å²) in [5, 5.41) is 0. The van der Waals surface area contributed by atoms with Crippen LogP contribution in [0.2, 0.25) is 0 Å². The summed E-state index contributed by atoms with van der Waals surface area (Å²) in [6.45, 7) is 9.41. The zero-order valence-electron chi connectivity index (χ0n) is 16.8. The number of aryl methyl sites for hydroxylation is 1. The van der Waals surface area contributed by atoms with Crippen LogP contribution in [0.5, 0.6) is 0 Å². The van der Waals surface area contributed by atoms with Crippen molar-refractivity contribution in [3.8, 4) is 0 Å². The lowest BCUT2D eigenvalue weighted by Gasteiger charge is -2.37. The summed E-state index contributed by atoms with van der Waals surface area (Å²) in [6, 6.07) is 0. The number of carbonyl (C=O) groups is 1. The molecule has 9 heteroatoms. The van der Waals surface area contributed by atoms with Crippen LogP contribution < -0.4 is 4.90 Å². The van der Waals surface area contributed by atoms with Crippen LogP contribution in [0.15, 0.2) is 12.4 Å². The number of halogens is 3. The number of carbonyl (C=O) groups excluding carboxylic acids is 1. The molecule has 0 bridgehead atoms. The van der Waals surface area contributed by atoms with Crippen LogP contribution in [-0.2, 0) is 4.79 Å². The predicted octanol–water partition coefficient (Wildman–Crippen LogP) is 2.34. The van der Waals surface area contributed by atoms with Gasteiger partial charge in [0.05, 0.1) is 17.5 Å². The molecule has 2 fully saturated rings. The third kappa shape index (κ3) is 4.24. The number of rotatable bonds is 2. The number of piperazine rings is 1. The monoisotopic (exact) mass is 399 g/mol. The first kappa shape index (κ1) is 20.8. The van der Waals surface area contributed by atoms with Gasteiger partial charge in [-0.05, 0) is 27.7 Å². The molecule has 2 atom stereocenters. The third-order valence-electron chi connectivity index (χ3n) is 5.75. The number of aromatic nitrogens is 2. The molecular weight excluding hydrogens is 371 g/mol. The summed E-state index contributed by atoms with van der Waals surface area (Å²) in [5.41, 5.74) is 0.400. The van der Waals surface area contributed by atoms with E-state index in [-0.39, 0.29) is 19.0 Å². The van der Waals surface area contributed by atoms with Gasteiger partial charge in [-0.15, -0.1) is 0 Å². The maximum absolute atomic E-state index is 13.6. The predicted molar refractivity (Wildman–Crippen MR) is 99.9 cm³/mol. The van der Waals surface area contributed by atoms with Crippen LogP contribution in [0.3, 0.4) is 0 Å². The molecule has 0 N–H and O–H groups in total. The Hall–Kier alpha value is -1.90. The van der Waals surface area contributed by atoms with Crippen molar-refractivity contribution in [1.29, 1.82) is 0 Å². The molecule has 0 saturated carbocycles. The molecule has 1 aromatic rings. The fourth-order valence-electron chi connectivity index (χ4n) is 4.02. The summed E-state index contributed by atoms with van der Waals surface area (Å²) in [6.07, 6.45) is -1.14. The lowest BCUT2D eigenvalue weighted by atomic mass is 9.93. The molecule has 6 nitrogen and oxygen atoms in total. The number of likely N-dealkylation sites (tertiary alicyclic amines) is 1. The van der Waals surface area contributed by atoms with Gasteiger partial charge in [-0.1, -0.05) is 0 Å². The molecule has 3 rings (SSSR count). The standard InChI is InChI=1S/C19H28F3N5O/c1-13-16(24-6-5-23-13)25-7-9-26(10-8-25)17(28)14-11-27(18(2,3)4)12-15(14)19(20,21)22/h5-6,14-15H,7-12H2,1-4H3/t14-,15-/m1/s1. The SMILES string of the molecule is Cc1nccnc1N1CCN(C(=O)[C@@H]2CN(C(C)(C)C)C[C@H]2C(F)(F)F)CC1. The van der Waals surface area contributed by atoms with Crippen molar-refractivity contribution < 1.29 is 18.0 Å². The van der Waals surface area contributed by atoms with Crippen molar-refractivity contribution in [3.63, 3.8) is 0 Å². The highest BCUT2D eigenvalue weighted by Crippen LogP contribution is 2.40. The van der Waals surface area contributed by atoms with Gasteiger partial charge in [-0.25, -0.2) is 4.98 Å². The topological polar surface area (TPSA) is 52.6 Å². The van der Waals surface area contributed by atoms with Crippen molar-refractivity contribution in [1.82, 2.24) is 19.8 Å². The zero-order chi connectivity index (χ0) is 20.7. The average molecular weight is 399 g/mol. The van der Waals surface area contributed by atoms with Gasteiger partial charge in [0.1, 0.15) is 5.82 Å². The Bertz CT molecular complexity index is 710. The number of amides is 1. The van der Waals surface area contributed by atoms with E-state index in [4.69, 9.17) is 0 Å². The Kier molecular flexibility index (Phi) is 5.58. The summed E-state index contributed by atoms with van der Waals surface area (Å²) in [7, 11) is 0. The number of alkyl halides is 3. The van der Waals surface area contributed by atoms with Gasteiger partial charge >= 0.3 is 6.18 Å². The minimum Gasteiger partial charge on any atom is -0.352 e. The summed E-state index contributed by atoms with van der Waals surface area (Å²) in [5.74, 6) is -2.27. The number of nitrogens with zero attached hydrogens (tertiary/aromatic N) is 5. The van der Waals surface area contributed by atoms with Crippen LogP contribution in [0.4, 0.5) is 19.0 Å². The Morgan fingerprint density at radius 2 is 1.64 bits per heavy atom. The van der Waals surface area contributed by atoms with E-state index in [0.29, 0.717) is 26.2 Å². The molecule has 0 aromatic carbocycles. The zero-order valence-corrected chi connectivity index (χ0v) is 16.8. The Morgan fingerprint density at radius 1 is 1.04 bits per heavy atom. The maximum atomic E-state index is 13.6. The second-order valence-corrected chi connectivity index (χ2v) is 8.61. The second-order valence-electron chi connectivity index (χ2n) is 8.61. The molecule has 2 aliphatic rings. The Balaban J connectivity index is 1.69. The molecule has 2 aliphatic heterocycles. The molecule has 0 aliphatic carbocycles. The summed E-state index contributed by atoms with van der Waals surface area (Å²) >= 11 is 0. The van der Waals surface area contributed by atoms with Crippen molar-refractivity contribution in [2.45, 2.75) is 39.4 Å². The first-order valence-corrected chi connectivity index (χ1v) is 9.61. The van der Waals surface area contributed by atoms with Crippen LogP contribution in [0, 0.1) is 18.8 Å². The van der Waals surface area contributed by atoms with E-state index >= 15 is 0 Å². The van der Waals surface area contributed by atoms with Crippen LogP contribution in [-0.4, -0.2) is 76.7 Å². The summed E-state index contributed by atoms with van der Waals surface area (Å²) in [4.78, 5) is 26.9. The quantitative estimate of drug-likeness (QED) is 0.764. The Labute approximate surface area is 163 Å². The molecule has 28 heavy (non-hydrogen) atoms. The van der Waals surface area contributed by atoms with Crippen LogP contribution in [0.25, 0.3) is 0 Å². The molecule has 2 saturated heterocycles. The maximum Gasteiger partial charge on any atom is 0.393 e. The second kappa shape index (κ2) is 7.50. The van der Waals surface area contributed by atoms with Crippen molar-refractivity contribution >= 4 is 11.7 Å². The lowest BCUT2D eigenvalue weighted by molar-refractivity contribution is -0.186. The number of hydrogen-bond acceptors (Lipinski definition) is 5. The third-order valence-corrected chi connectivity index (χ3v) is 5.75. The van der Waals surface area contributed by atoms with Gasteiger partial charge in [0.25, 0.3) is 0 Å². The van der Waals surface area contributed by atoms with E-state index in [1.165, 1.54) is 0 Å².